The smallest absolute Gasteiger partial charge is 0.307 e. The Morgan fingerprint density at radius 3 is 2.68 bits per heavy atom. The molecule has 0 fully saturated rings. The van der Waals surface area contributed by atoms with E-state index in [2.05, 4.69) is 10.1 Å². The van der Waals surface area contributed by atoms with Gasteiger partial charge in [0.25, 0.3) is 5.69 Å². The topological polar surface area (TPSA) is 98.5 Å². The number of carbonyl (C=O) groups is 2. The number of methoxy groups -OCH3 is 1. The van der Waals surface area contributed by atoms with E-state index in [1.807, 2.05) is 0 Å². The van der Waals surface area contributed by atoms with E-state index in [4.69, 9.17) is 0 Å². The molecule has 0 saturated heterocycles. The summed E-state index contributed by atoms with van der Waals surface area (Å²) in [5, 5.41) is 13.3. The molecular formula is C12H14N2O5. The highest BCUT2D eigenvalue weighted by Crippen LogP contribution is 2.22. The SMILES string of the molecule is COC(=O)C[C@H](NC(C)=O)c1cccc([N+](=O)[O-])c1. The third-order valence-electron chi connectivity index (χ3n) is 2.46. The van der Waals surface area contributed by atoms with Crippen molar-refractivity contribution in [1.82, 2.24) is 5.32 Å². The number of rotatable bonds is 5. The molecule has 7 nitrogen and oxygen atoms in total. The van der Waals surface area contributed by atoms with Crippen LogP contribution >= 0.6 is 0 Å². The normalized spacial score (nSPS) is 11.5. The number of nitro groups is 1. The summed E-state index contributed by atoms with van der Waals surface area (Å²) in [7, 11) is 1.24. The summed E-state index contributed by atoms with van der Waals surface area (Å²) in [6.07, 6.45) is -0.0861. The maximum Gasteiger partial charge on any atom is 0.307 e. The lowest BCUT2D eigenvalue weighted by Crippen LogP contribution is -2.28. The van der Waals surface area contributed by atoms with Crippen molar-refractivity contribution in [2.24, 2.45) is 0 Å². The van der Waals surface area contributed by atoms with Gasteiger partial charge < -0.3 is 10.1 Å². The number of carbonyl (C=O) groups excluding carboxylic acids is 2. The van der Waals surface area contributed by atoms with Gasteiger partial charge in [-0.25, -0.2) is 0 Å². The molecule has 0 bridgehead atoms. The molecule has 1 amide bonds. The molecule has 0 radical (unpaired) electrons. The largest absolute Gasteiger partial charge is 0.469 e. The number of ether oxygens (including phenoxy) is 1. The fraction of sp³-hybridized carbons (Fsp3) is 0.333. The number of esters is 1. The molecule has 1 aromatic carbocycles. The molecule has 0 aliphatic heterocycles. The van der Waals surface area contributed by atoms with Gasteiger partial charge in [0.2, 0.25) is 5.91 Å². The van der Waals surface area contributed by atoms with Crippen LogP contribution in [-0.4, -0.2) is 23.9 Å². The second-order valence-electron chi connectivity index (χ2n) is 3.89. The Bertz CT molecular complexity index is 501. The minimum Gasteiger partial charge on any atom is -0.469 e. The van der Waals surface area contributed by atoms with E-state index >= 15 is 0 Å². The Morgan fingerprint density at radius 2 is 2.16 bits per heavy atom. The number of nitrogens with zero attached hydrogens (tertiary/aromatic N) is 1. The van der Waals surface area contributed by atoms with Crippen molar-refractivity contribution in [3.8, 4) is 0 Å². The molecule has 0 spiro atoms. The first-order chi connectivity index (χ1) is 8.93. The van der Waals surface area contributed by atoms with E-state index < -0.39 is 16.9 Å². The second-order valence-corrected chi connectivity index (χ2v) is 3.89. The minimum absolute atomic E-state index is 0.0861. The van der Waals surface area contributed by atoms with E-state index in [9.17, 15) is 19.7 Å². The lowest BCUT2D eigenvalue weighted by molar-refractivity contribution is -0.384. The summed E-state index contributed by atoms with van der Waals surface area (Å²) in [6, 6.07) is 5.12. The summed E-state index contributed by atoms with van der Waals surface area (Å²) < 4.78 is 4.54. The second kappa shape index (κ2) is 6.48. The molecule has 0 heterocycles. The standard InChI is InChI=1S/C12H14N2O5/c1-8(15)13-11(7-12(16)19-2)9-4-3-5-10(6-9)14(17)18/h3-6,11H,7H2,1-2H3,(H,13,15)/t11-/m0/s1. The summed E-state index contributed by atoms with van der Waals surface area (Å²) in [5.41, 5.74) is 0.382. The molecule has 0 aliphatic carbocycles. The van der Waals surface area contributed by atoms with E-state index in [-0.39, 0.29) is 18.0 Å². The van der Waals surface area contributed by atoms with Gasteiger partial charge in [-0.3, -0.25) is 19.7 Å². The van der Waals surface area contributed by atoms with Gasteiger partial charge in [0.1, 0.15) is 0 Å². The minimum atomic E-state index is -0.648. The Morgan fingerprint density at radius 1 is 1.47 bits per heavy atom. The number of benzene rings is 1. The summed E-state index contributed by atoms with van der Waals surface area (Å²) in [4.78, 5) is 32.6. The van der Waals surface area contributed by atoms with Crippen molar-refractivity contribution in [2.45, 2.75) is 19.4 Å². The highest BCUT2D eigenvalue weighted by molar-refractivity contribution is 5.76. The van der Waals surface area contributed by atoms with Gasteiger partial charge >= 0.3 is 5.97 Å². The molecule has 19 heavy (non-hydrogen) atoms. The lowest BCUT2D eigenvalue weighted by Gasteiger charge is -2.16. The van der Waals surface area contributed by atoms with Gasteiger partial charge in [-0.15, -0.1) is 0 Å². The van der Waals surface area contributed by atoms with E-state index in [0.29, 0.717) is 5.56 Å². The first kappa shape index (κ1) is 14.6. The molecule has 1 N–H and O–H groups in total. The van der Waals surface area contributed by atoms with Gasteiger partial charge in [-0.05, 0) is 5.56 Å². The average molecular weight is 266 g/mol. The first-order valence-electron chi connectivity index (χ1n) is 5.52. The van der Waals surface area contributed by atoms with Gasteiger partial charge in [0.05, 0.1) is 24.5 Å². The van der Waals surface area contributed by atoms with E-state index in [1.54, 1.807) is 6.07 Å². The van der Waals surface area contributed by atoms with Crippen molar-refractivity contribution < 1.29 is 19.2 Å². The molecule has 1 rings (SSSR count). The van der Waals surface area contributed by atoms with Crippen LogP contribution in [0.25, 0.3) is 0 Å². The quantitative estimate of drug-likeness (QED) is 0.492. The molecular weight excluding hydrogens is 252 g/mol. The van der Waals surface area contributed by atoms with Crippen LogP contribution in [0.1, 0.15) is 24.9 Å². The monoisotopic (exact) mass is 266 g/mol. The Labute approximate surface area is 109 Å². The van der Waals surface area contributed by atoms with Crippen LogP contribution in [0.15, 0.2) is 24.3 Å². The number of hydrogen-bond donors (Lipinski definition) is 1. The van der Waals surface area contributed by atoms with Crippen LogP contribution in [0.2, 0.25) is 0 Å². The van der Waals surface area contributed by atoms with E-state index in [0.717, 1.165) is 0 Å². The fourth-order valence-electron chi connectivity index (χ4n) is 1.60. The third kappa shape index (κ3) is 4.38. The zero-order valence-corrected chi connectivity index (χ0v) is 10.6. The molecule has 102 valence electrons. The zero-order chi connectivity index (χ0) is 14.4. The van der Waals surface area contributed by atoms with Crippen molar-refractivity contribution >= 4 is 17.6 Å². The highest BCUT2D eigenvalue weighted by Gasteiger charge is 2.19. The number of non-ortho nitro benzene ring substituents is 1. The van der Waals surface area contributed by atoms with Crippen LogP contribution in [-0.2, 0) is 14.3 Å². The van der Waals surface area contributed by atoms with Crippen LogP contribution < -0.4 is 5.32 Å². The summed E-state index contributed by atoms with van der Waals surface area (Å²) >= 11 is 0. The number of amides is 1. The van der Waals surface area contributed by atoms with Gasteiger partial charge in [0.15, 0.2) is 0 Å². The molecule has 0 aromatic heterocycles. The van der Waals surface area contributed by atoms with Crippen molar-refractivity contribution in [3.05, 3.63) is 39.9 Å². The summed E-state index contributed by atoms with van der Waals surface area (Å²) in [5.74, 6) is -0.842. The molecule has 0 saturated carbocycles. The maximum atomic E-state index is 11.3. The zero-order valence-electron chi connectivity index (χ0n) is 10.6. The predicted molar refractivity (Wildman–Crippen MR) is 66.3 cm³/mol. The molecule has 7 heteroatoms. The number of nitrogens with one attached hydrogen (secondary N) is 1. The van der Waals surface area contributed by atoms with Crippen molar-refractivity contribution in [2.75, 3.05) is 7.11 Å². The molecule has 1 aromatic rings. The van der Waals surface area contributed by atoms with Crippen LogP contribution in [0.3, 0.4) is 0 Å². The molecule has 0 aliphatic rings. The Kier molecular flexibility index (Phi) is 4.99. The van der Waals surface area contributed by atoms with E-state index in [1.165, 1.54) is 32.2 Å². The Balaban J connectivity index is 3.02. The molecule has 1 atom stereocenters. The number of nitro benzene ring substituents is 1. The predicted octanol–water partition coefficient (Wildman–Crippen LogP) is 1.34. The summed E-state index contributed by atoms with van der Waals surface area (Å²) in [6.45, 7) is 1.31. The molecule has 0 unspecified atom stereocenters. The van der Waals surface area contributed by atoms with Gasteiger partial charge in [-0.1, -0.05) is 12.1 Å². The average Bonchev–Trinajstić information content (AvgIpc) is 2.37. The van der Waals surface area contributed by atoms with Crippen LogP contribution in [0.4, 0.5) is 5.69 Å². The first-order valence-corrected chi connectivity index (χ1v) is 5.52. The van der Waals surface area contributed by atoms with Gasteiger partial charge in [-0.2, -0.15) is 0 Å². The lowest BCUT2D eigenvalue weighted by atomic mass is 10.0. The van der Waals surface area contributed by atoms with Crippen molar-refractivity contribution in [3.63, 3.8) is 0 Å². The Hall–Kier alpha value is -2.44. The van der Waals surface area contributed by atoms with Crippen molar-refractivity contribution in [1.29, 1.82) is 0 Å². The third-order valence-corrected chi connectivity index (χ3v) is 2.46. The van der Waals surface area contributed by atoms with Crippen LogP contribution in [0.5, 0.6) is 0 Å². The van der Waals surface area contributed by atoms with Crippen LogP contribution in [0, 0.1) is 10.1 Å². The highest BCUT2D eigenvalue weighted by atomic mass is 16.6. The van der Waals surface area contributed by atoms with Gasteiger partial charge in [0, 0.05) is 19.1 Å². The number of hydrogen-bond acceptors (Lipinski definition) is 5. The fourth-order valence-corrected chi connectivity index (χ4v) is 1.60. The maximum absolute atomic E-state index is 11.3.